The minimum atomic E-state index is 0.102. The largest absolute Gasteiger partial charge is 0.337 e. The lowest BCUT2D eigenvalue weighted by molar-refractivity contribution is -0.134. The van der Waals surface area contributed by atoms with E-state index >= 15 is 0 Å². The number of rotatable bonds is 4. The predicted molar refractivity (Wildman–Crippen MR) is 84.6 cm³/mol. The third kappa shape index (κ3) is 3.05. The minimum Gasteiger partial charge on any atom is -0.337 e. The van der Waals surface area contributed by atoms with E-state index in [4.69, 9.17) is 0 Å². The summed E-state index contributed by atoms with van der Waals surface area (Å²) in [4.78, 5) is 27.5. The molecule has 0 N–H and O–H groups in total. The molecular weight excluding hydrogens is 282 g/mol. The van der Waals surface area contributed by atoms with Gasteiger partial charge in [0.1, 0.15) is 0 Å². The maximum Gasteiger partial charge on any atom is 0.223 e. The lowest BCUT2D eigenvalue weighted by Crippen LogP contribution is -2.42. The fourth-order valence-electron chi connectivity index (χ4n) is 4.05. The number of carbonyl (C=O) groups is 2. The fourth-order valence-corrected chi connectivity index (χ4v) is 4.74. The van der Waals surface area contributed by atoms with Crippen LogP contribution < -0.4 is 0 Å². The molecule has 1 aliphatic carbocycles. The number of hydrogen-bond donors (Lipinski definition) is 0. The zero-order valence-corrected chi connectivity index (χ0v) is 13.4. The monoisotopic (exact) mass is 305 g/mol. The maximum absolute atomic E-state index is 12.6. The van der Waals surface area contributed by atoms with E-state index in [9.17, 15) is 9.59 Å². The average molecular weight is 305 g/mol. The van der Waals surface area contributed by atoms with Crippen LogP contribution in [0.25, 0.3) is 0 Å². The number of Topliss-reactive ketones (excluding diaryl/α,β-unsaturated/α-hetero) is 1. The van der Waals surface area contributed by atoms with Gasteiger partial charge in [0.25, 0.3) is 0 Å². The van der Waals surface area contributed by atoms with Gasteiger partial charge in [-0.2, -0.15) is 0 Å². The summed E-state index contributed by atoms with van der Waals surface area (Å²) in [5.41, 5.74) is 0. The first kappa shape index (κ1) is 14.8. The average Bonchev–Trinajstić information content (AvgIpc) is 3.10. The van der Waals surface area contributed by atoms with Gasteiger partial charge in [-0.1, -0.05) is 18.9 Å². The molecule has 2 fully saturated rings. The van der Waals surface area contributed by atoms with Crippen molar-refractivity contribution in [3.63, 3.8) is 0 Å². The molecule has 1 aromatic rings. The summed E-state index contributed by atoms with van der Waals surface area (Å²) in [5.74, 6) is 0.984. The molecule has 21 heavy (non-hydrogen) atoms. The highest BCUT2D eigenvalue weighted by atomic mass is 32.1. The molecule has 0 radical (unpaired) electrons. The number of ketones is 1. The molecule has 3 rings (SSSR count). The summed E-state index contributed by atoms with van der Waals surface area (Å²) in [5, 5.41) is 1.91. The molecule has 4 heteroatoms. The Kier molecular flexibility index (Phi) is 4.43. The van der Waals surface area contributed by atoms with Gasteiger partial charge in [-0.15, -0.1) is 11.3 Å². The summed E-state index contributed by atoms with van der Waals surface area (Å²) in [6.07, 6.45) is 6.84. The van der Waals surface area contributed by atoms with E-state index in [2.05, 4.69) is 11.8 Å². The number of thiophene rings is 1. The van der Waals surface area contributed by atoms with Crippen molar-refractivity contribution in [2.45, 2.75) is 64.0 Å². The van der Waals surface area contributed by atoms with Crippen LogP contribution in [0.3, 0.4) is 0 Å². The van der Waals surface area contributed by atoms with E-state index in [0.29, 0.717) is 30.8 Å². The number of likely N-dealkylation sites (tertiary alicyclic amines) is 1. The second-order valence-corrected chi connectivity index (χ2v) is 7.35. The molecule has 3 unspecified atom stereocenters. The van der Waals surface area contributed by atoms with Gasteiger partial charge >= 0.3 is 0 Å². The van der Waals surface area contributed by atoms with Crippen molar-refractivity contribution in [2.75, 3.05) is 0 Å². The Labute approximate surface area is 130 Å². The molecule has 0 spiro atoms. The van der Waals surface area contributed by atoms with E-state index in [1.54, 1.807) is 0 Å². The molecule has 3 nitrogen and oxygen atoms in total. The van der Waals surface area contributed by atoms with Crippen molar-refractivity contribution in [2.24, 2.45) is 5.92 Å². The number of hydrogen-bond acceptors (Lipinski definition) is 3. The molecule has 1 aromatic heterocycles. The van der Waals surface area contributed by atoms with Crippen molar-refractivity contribution < 1.29 is 9.59 Å². The smallest absolute Gasteiger partial charge is 0.223 e. The SMILES string of the molecule is CC1CC2CCCCC2N1C(=O)CCC(=O)c1cccs1. The van der Waals surface area contributed by atoms with Crippen LogP contribution in [0, 0.1) is 5.92 Å². The fraction of sp³-hybridized carbons (Fsp3) is 0.647. The number of nitrogens with zero attached hydrogens (tertiary/aromatic N) is 1. The van der Waals surface area contributed by atoms with Crippen LogP contribution in [0.15, 0.2) is 17.5 Å². The van der Waals surface area contributed by atoms with Crippen molar-refractivity contribution in [3.8, 4) is 0 Å². The van der Waals surface area contributed by atoms with Crippen molar-refractivity contribution in [1.29, 1.82) is 0 Å². The molecule has 2 heterocycles. The van der Waals surface area contributed by atoms with Crippen LogP contribution in [-0.2, 0) is 4.79 Å². The number of carbonyl (C=O) groups excluding carboxylic acids is 2. The molecule has 1 amide bonds. The van der Waals surface area contributed by atoms with Crippen molar-refractivity contribution in [1.82, 2.24) is 4.90 Å². The van der Waals surface area contributed by atoms with Gasteiger partial charge in [0.2, 0.25) is 5.91 Å². The van der Waals surface area contributed by atoms with Gasteiger partial charge in [0, 0.05) is 24.9 Å². The Morgan fingerprint density at radius 3 is 2.86 bits per heavy atom. The number of amides is 1. The molecule has 0 bridgehead atoms. The number of fused-ring (bicyclic) bond motifs is 1. The minimum absolute atomic E-state index is 0.102. The van der Waals surface area contributed by atoms with Crippen LogP contribution in [0.2, 0.25) is 0 Å². The van der Waals surface area contributed by atoms with Gasteiger partial charge in [-0.25, -0.2) is 0 Å². The highest BCUT2D eigenvalue weighted by Crippen LogP contribution is 2.39. The summed E-state index contributed by atoms with van der Waals surface area (Å²) in [7, 11) is 0. The Hall–Kier alpha value is -1.16. The highest BCUT2D eigenvalue weighted by Gasteiger charge is 2.42. The summed E-state index contributed by atoms with van der Waals surface area (Å²) < 4.78 is 0. The second kappa shape index (κ2) is 6.30. The zero-order chi connectivity index (χ0) is 14.8. The summed E-state index contributed by atoms with van der Waals surface area (Å²) in [6.45, 7) is 2.16. The Morgan fingerprint density at radius 1 is 1.29 bits per heavy atom. The van der Waals surface area contributed by atoms with Gasteiger partial charge in [0.05, 0.1) is 4.88 Å². The van der Waals surface area contributed by atoms with Gasteiger partial charge in [-0.05, 0) is 43.6 Å². The third-order valence-corrected chi connectivity index (χ3v) is 5.91. The standard InChI is InChI=1S/C17H23NO2S/c1-12-11-13-5-2-3-6-14(13)18(12)17(20)9-8-15(19)16-7-4-10-21-16/h4,7,10,12-14H,2-3,5-6,8-9,11H2,1H3. The van der Waals surface area contributed by atoms with E-state index in [1.807, 2.05) is 17.5 Å². The highest BCUT2D eigenvalue weighted by molar-refractivity contribution is 7.12. The zero-order valence-electron chi connectivity index (χ0n) is 12.6. The molecular formula is C17H23NO2S. The van der Waals surface area contributed by atoms with Crippen LogP contribution >= 0.6 is 11.3 Å². The van der Waals surface area contributed by atoms with Gasteiger partial charge < -0.3 is 4.90 Å². The van der Waals surface area contributed by atoms with E-state index in [-0.39, 0.29) is 11.7 Å². The van der Waals surface area contributed by atoms with Gasteiger partial charge in [-0.3, -0.25) is 9.59 Å². The van der Waals surface area contributed by atoms with Crippen LogP contribution in [-0.4, -0.2) is 28.7 Å². The molecule has 114 valence electrons. The van der Waals surface area contributed by atoms with Crippen LogP contribution in [0.1, 0.15) is 61.5 Å². The molecule has 3 atom stereocenters. The molecule has 2 aliphatic rings. The van der Waals surface area contributed by atoms with Gasteiger partial charge in [0.15, 0.2) is 5.78 Å². The molecule has 0 aromatic carbocycles. The molecule has 1 saturated carbocycles. The summed E-state index contributed by atoms with van der Waals surface area (Å²) in [6, 6.07) is 4.52. The lowest BCUT2D eigenvalue weighted by Gasteiger charge is -2.33. The quantitative estimate of drug-likeness (QED) is 0.791. The second-order valence-electron chi connectivity index (χ2n) is 6.40. The predicted octanol–water partition coefficient (Wildman–Crippen LogP) is 3.89. The molecule has 1 saturated heterocycles. The lowest BCUT2D eigenvalue weighted by atomic mass is 9.85. The van der Waals surface area contributed by atoms with Crippen molar-refractivity contribution >= 4 is 23.0 Å². The van der Waals surface area contributed by atoms with Crippen LogP contribution in [0.4, 0.5) is 0 Å². The van der Waals surface area contributed by atoms with E-state index in [0.717, 1.165) is 17.7 Å². The Bertz CT molecular complexity index is 511. The Morgan fingerprint density at radius 2 is 2.10 bits per heavy atom. The van der Waals surface area contributed by atoms with Crippen molar-refractivity contribution in [3.05, 3.63) is 22.4 Å². The van der Waals surface area contributed by atoms with E-state index < -0.39 is 0 Å². The Balaban J connectivity index is 1.58. The topological polar surface area (TPSA) is 37.4 Å². The maximum atomic E-state index is 12.6. The third-order valence-electron chi connectivity index (χ3n) is 4.99. The normalized spacial score (nSPS) is 28.4. The van der Waals surface area contributed by atoms with Crippen LogP contribution in [0.5, 0.6) is 0 Å². The van der Waals surface area contributed by atoms with E-state index in [1.165, 1.54) is 30.6 Å². The first-order chi connectivity index (χ1) is 10.2. The first-order valence-corrected chi connectivity index (χ1v) is 8.92. The summed E-state index contributed by atoms with van der Waals surface area (Å²) >= 11 is 1.46. The first-order valence-electron chi connectivity index (χ1n) is 8.04. The molecule has 1 aliphatic heterocycles.